The lowest BCUT2D eigenvalue weighted by molar-refractivity contribution is 0.102. The number of carbonyl (C=O) groups is 1. The van der Waals surface area contributed by atoms with Gasteiger partial charge in [-0.15, -0.1) is 5.10 Å². The molecule has 0 radical (unpaired) electrons. The van der Waals surface area contributed by atoms with Gasteiger partial charge in [0.1, 0.15) is 17.0 Å². The van der Waals surface area contributed by atoms with Gasteiger partial charge in [0.05, 0.1) is 16.3 Å². The quantitative estimate of drug-likeness (QED) is 0.380. The minimum atomic E-state index is -4.31. The number of H-pyrrole nitrogens is 1. The van der Waals surface area contributed by atoms with E-state index in [0.717, 1.165) is 18.9 Å². The number of halogens is 3. The Bertz CT molecular complexity index is 1280. The van der Waals surface area contributed by atoms with E-state index < -0.39 is 32.4 Å². The van der Waals surface area contributed by atoms with Crippen molar-refractivity contribution in [1.82, 2.24) is 15.2 Å². The summed E-state index contributed by atoms with van der Waals surface area (Å²) in [5.74, 6) is -2.39. The number of aromatic amines is 1. The number of sulfonamides is 1. The normalized spacial score (nSPS) is 13.8. The van der Waals surface area contributed by atoms with Gasteiger partial charge in [0, 0.05) is 4.47 Å². The van der Waals surface area contributed by atoms with Crippen molar-refractivity contribution in [2.45, 2.75) is 23.7 Å². The van der Waals surface area contributed by atoms with Crippen molar-refractivity contribution >= 4 is 55.1 Å². The number of nitrogens with zero attached hydrogens (tertiary/aromatic N) is 2. The molecule has 0 atom stereocenters. The van der Waals surface area contributed by atoms with Crippen LogP contribution in [0.1, 0.15) is 34.7 Å². The third-order valence-electron chi connectivity index (χ3n) is 4.54. The highest BCUT2D eigenvalue weighted by Gasteiger charge is 2.31. The SMILES string of the molecule is O=C(Nc1nc[nH]n1)c1cc(NS(=O)(=O)c2cc(Br)cc(Cl)c2O)cc(C2CC2)c1F. The molecule has 0 aliphatic heterocycles. The highest BCUT2D eigenvalue weighted by Crippen LogP contribution is 2.43. The zero-order valence-electron chi connectivity index (χ0n) is 15.5. The maximum absolute atomic E-state index is 15.0. The Labute approximate surface area is 189 Å². The van der Waals surface area contributed by atoms with Gasteiger partial charge in [-0.1, -0.05) is 27.5 Å². The Hall–Kier alpha value is -2.70. The van der Waals surface area contributed by atoms with Crippen LogP contribution >= 0.6 is 27.5 Å². The molecule has 1 heterocycles. The summed E-state index contributed by atoms with van der Waals surface area (Å²) in [6.45, 7) is 0. The highest BCUT2D eigenvalue weighted by atomic mass is 79.9. The lowest BCUT2D eigenvalue weighted by atomic mass is 10.0. The molecule has 0 spiro atoms. The molecule has 1 fully saturated rings. The monoisotopic (exact) mass is 529 g/mol. The zero-order chi connectivity index (χ0) is 22.3. The molecule has 3 aromatic rings. The molecule has 1 amide bonds. The number of benzene rings is 2. The Morgan fingerprint density at radius 3 is 2.68 bits per heavy atom. The number of phenolic OH excluding ortho intramolecular Hbond substituents is 1. The van der Waals surface area contributed by atoms with Crippen molar-refractivity contribution < 1.29 is 22.7 Å². The predicted octanol–water partition coefficient (Wildman–Crippen LogP) is 4.00. The van der Waals surface area contributed by atoms with Crippen LogP contribution in [0.25, 0.3) is 0 Å². The summed E-state index contributed by atoms with van der Waals surface area (Å²) in [7, 11) is -4.31. The molecule has 162 valence electrons. The number of hydrogen-bond donors (Lipinski definition) is 4. The van der Waals surface area contributed by atoms with Gasteiger partial charge in [-0.05, 0) is 48.6 Å². The second kappa shape index (κ2) is 8.09. The summed E-state index contributed by atoms with van der Waals surface area (Å²) >= 11 is 9.00. The van der Waals surface area contributed by atoms with E-state index in [9.17, 15) is 22.7 Å². The molecule has 13 heteroatoms. The molecule has 1 aliphatic rings. The fraction of sp³-hybridized carbons (Fsp3) is 0.167. The van der Waals surface area contributed by atoms with E-state index in [4.69, 9.17) is 11.6 Å². The highest BCUT2D eigenvalue weighted by molar-refractivity contribution is 9.10. The standard InChI is InChI=1S/C18H14BrClFN5O4S/c19-9-3-13(20)16(27)14(4-9)31(29,30)26-10-5-11(8-1-2-8)15(21)12(6-10)17(28)24-18-22-7-23-25-18/h3-8,26-27H,1-2H2,(H2,22,23,24,25,28). The maximum Gasteiger partial charge on any atom is 0.265 e. The van der Waals surface area contributed by atoms with Crippen molar-refractivity contribution in [2.24, 2.45) is 0 Å². The van der Waals surface area contributed by atoms with Crippen molar-refractivity contribution in [3.05, 3.63) is 57.0 Å². The fourth-order valence-corrected chi connectivity index (χ4v) is 5.16. The number of carbonyl (C=O) groups excluding carboxylic acids is 1. The average Bonchev–Trinajstić information content (AvgIpc) is 3.42. The minimum Gasteiger partial charge on any atom is -0.505 e. The van der Waals surface area contributed by atoms with Gasteiger partial charge in [0.15, 0.2) is 5.75 Å². The molecule has 1 aromatic heterocycles. The topological polar surface area (TPSA) is 137 Å². The molecule has 1 saturated carbocycles. The Kier molecular flexibility index (Phi) is 5.62. The number of anilines is 2. The second-order valence-electron chi connectivity index (χ2n) is 6.82. The van der Waals surface area contributed by atoms with Crippen molar-refractivity contribution in [2.75, 3.05) is 10.0 Å². The van der Waals surface area contributed by atoms with Gasteiger partial charge >= 0.3 is 0 Å². The van der Waals surface area contributed by atoms with Crippen molar-refractivity contribution in [3.8, 4) is 5.75 Å². The summed E-state index contributed by atoms with van der Waals surface area (Å²) in [6.07, 6.45) is 2.68. The molecule has 9 nitrogen and oxygen atoms in total. The van der Waals surface area contributed by atoms with E-state index in [1.807, 2.05) is 0 Å². The molecule has 2 aromatic carbocycles. The van der Waals surface area contributed by atoms with Gasteiger partial charge < -0.3 is 5.11 Å². The van der Waals surface area contributed by atoms with Gasteiger partial charge in [-0.3, -0.25) is 19.9 Å². The van der Waals surface area contributed by atoms with E-state index in [-0.39, 0.29) is 33.7 Å². The molecule has 31 heavy (non-hydrogen) atoms. The molecule has 4 N–H and O–H groups in total. The summed E-state index contributed by atoms with van der Waals surface area (Å²) < 4.78 is 43.4. The first kappa shape index (κ1) is 21.5. The van der Waals surface area contributed by atoms with Gasteiger partial charge in [0.25, 0.3) is 15.9 Å². The third kappa shape index (κ3) is 4.50. The van der Waals surface area contributed by atoms with Crippen molar-refractivity contribution in [3.63, 3.8) is 0 Å². The maximum atomic E-state index is 15.0. The number of rotatable bonds is 6. The zero-order valence-corrected chi connectivity index (χ0v) is 18.6. The first-order chi connectivity index (χ1) is 14.7. The summed E-state index contributed by atoms with van der Waals surface area (Å²) in [5.41, 5.74) is -0.195. The number of hydrogen-bond acceptors (Lipinski definition) is 6. The summed E-state index contributed by atoms with van der Waals surface area (Å²) in [4.78, 5) is 15.8. The van der Waals surface area contributed by atoms with Gasteiger partial charge in [-0.25, -0.2) is 17.8 Å². The lowest BCUT2D eigenvalue weighted by Gasteiger charge is -2.14. The number of aromatic hydroxyl groups is 1. The van der Waals surface area contributed by atoms with E-state index in [2.05, 4.69) is 41.2 Å². The van der Waals surface area contributed by atoms with Crippen LogP contribution in [0.4, 0.5) is 16.0 Å². The van der Waals surface area contributed by atoms with Crippen LogP contribution in [0.15, 0.2) is 40.0 Å². The largest absolute Gasteiger partial charge is 0.505 e. The number of amides is 1. The molecule has 0 bridgehead atoms. The minimum absolute atomic E-state index is 0.0427. The van der Waals surface area contributed by atoms with Crippen LogP contribution in [0.5, 0.6) is 5.75 Å². The molecular weight excluding hydrogens is 517 g/mol. The van der Waals surface area contributed by atoms with Crippen LogP contribution in [0.2, 0.25) is 5.02 Å². The number of aromatic nitrogens is 3. The molecule has 0 saturated heterocycles. The van der Waals surface area contributed by atoms with Crippen LogP contribution in [0, 0.1) is 5.82 Å². The van der Waals surface area contributed by atoms with Crippen molar-refractivity contribution in [1.29, 1.82) is 0 Å². The van der Waals surface area contributed by atoms with E-state index in [1.54, 1.807) is 0 Å². The van der Waals surface area contributed by atoms with Gasteiger partial charge in [0.2, 0.25) is 5.95 Å². The fourth-order valence-electron chi connectivity index (χ4n) is 2.96. The molecular formula is C18H14BrClFN5O4S. The Balaban J connectivity index is 1.73. The van der Waals surface area contributed by atoms with Gasteiger partial charge in [-0.2, -0.15) is 0 Å². The first-order valence-electron chi connectivity index (χ1n) is 8.87. The molecule has 4 rings (SSSR count). The molecule has 0 unspecified atom stereocenters. The third-order valence-corrected chi connectivity index (χ3v) is 6.68. The van der Waals surface area contributed by atoms with Crippen LogP contribution < -0.4 is 10.0 Å². The number of nitrogens with one attached hydrogen (secondary N) is 3. The van der Waals surface area contributed by atoms with Crippen LogP contribution in [-0.2, 0) is 10.0 Å². The Morgan fingerprint density at radius 1 is 1.29 bits per heavy atom. The van der Waals surface area contributed by atoms with Crippen LogP contribution in [-0.4, -0.2) is 34.6 Å². The van der Waals surface area contributed by atoms with E-state index in [1.165, 1.54) is 24.5 Å². The Morgan fingerprint density at radius 2 is 2.03 bits per heavy atom. The van der Waals surface area contributed by atoms with Crippen LogP contribution in [0.3, 0.4) is 0 Å². The summed E-state index contributed by atoms with van der Waals surface area (Å²) in [6, 6.07) is 4.92. The predicted molar refractivity (Wildman–Crippen MR) is 114 cm³/mol. The first-order valence-corrected chi connectivity index (χ1v) is 11.5. The molecule has 1 aliphatic carbocycles. The second-order valence-corrected chi connectivity index (χ2v) is 9.79. The lowest BCUT2D eigenvalue weighted by Crippen LogP contribution is -2.18. The van der Waals surface area contributed by atoms with E-state index in [0.29, 0.717) is 4.47 Å². The number of phenols is 1. The summed E-state index contributed by atoms with van der Waals surface area (Å²) in [5, 5.41) is 18.4. The average molecular weight is 531 g/mol. The van der Waals surface area contributed by atoms with E-state index >= 15 is 0 Å². The smallest absolute Gasteiger partial charge is 0.265 e.